The highest BCUT2D eigenvalue weighted by Crippen LogP contribution is 2.26. The first-order valence-electron chi connectivity index (χ1n) is 3.54. The Morgan fingerprint density at radius 1 is 1.42 bits per heavy atom. The molecule has 2 rings (SSSR count). The van der Waals surface area contributed by atoms with E-state index in [-0.39, 0.29) is 0 Å². The Bertz CT molecular complexity index is 230. The number of cyclic esters (lactones) is 2. The zero-order valence-electron chi connectivity index (χ0n) is 6.07. The van der Waals surface area contributed by atoms with E-state index in [0.717, 1.165) is 0 Å². The second kappa shape index (κ2) is 2.18. The highest BCUT2D eigenvalue weighted by molar-refractivity contribution is 6.31. The van der Waals surface area contributed by atoms with Crippen LogP contribution < -0.4 is 5.32 Å². The number of carbonyl (C=O) groups is 2. The Morgan fingerprint density at radius 3 is 2.25 bits per heavy atom. The SMILES string of the molecule is O=C1OC(O)([C@@H]2CCN2)OC1=O. The Labute approximate surface area is 67.4 Å². The van der Waals surface area contributed by atoms with Gasteiger partial charge in [0.1, 0.15) is 6.04 Å². The zero-order chi connectivity index (χ0) is 8.77. The molecule has 2 N–H and O–H groups in total. The molecule has 0 amide bonds. The van der Waals surface area contributed by atoms with Crippen LogP contribution in [0.25, 0.3) is 0 Å². The minimum Gasteiger partial charge on any atom is -0.388 e. The molecule has 0 unspecified atom stereocenters. The second-order valence-corrected chi connectivity index (χ2v) is 2.71. The van der Waals surface area contributed by atoms with E-state index in [1.807, 2.05) is 0 Å². The first kappa shape index (κ1) is 7.51. The van der Waals surface area contributed by atoms with E-state index in [9.17, 15) is 14.7 Å². The molecule has 0 saturated carbocycles. The number of hydrogen-bond donors (Lipinski definition) is 2. The second-order valence-electron chi connectivity index (χ2n) is 2.71. The fourth-order valence-electron chi connectivity index (χ4n) is 1.11. The zero-order valence-corrected chi connectivity index (χ0v) is 6.07. The van der Waals surface area contributed by atoms with Crippen molar-refractivity contribution >= 4 is 11.9 Å². The Morgan fingerprint density at radius 2 is 1.92 bits per heavy atom. The Hall–Kier alpha value is -1.14. The van der Waals surface area contributed by atoms with Gasteiger partial charge in [0.05, 0.1) is 0 Å². The van der Waals surface area contributed by atoms with Crippen molar-refractivity contribution in [2.24, 2.45) is 0 Å². The van der Waals surface area contributed by atoms with Gasteiger partial charge in [0.2, 0.25) is 0 Å². The molecule has 6 nitrogen and oxygen atoms in total. The number of ether oxygens (including phenoxy) is 2. The smallest absolute Gasteiger partial charge is 0.388 e. The maximum Gasteiger partial charge on any atom is 0.422 e. The third-order valence-electron chi connectivity index (χ3n) is 1.91. The van der Waals surface area contributed by atoms with E-state index in [2.05, 4.69) is 14.8 Å². The molecule has 1 atom stereocenters. The van der Waals surface area contributed by atoms with Crippen LogP contribution in [0.2, 0.25) is 0 Å². The molecule has 2 aliphatic rings. The van der Waals surface area contributed by atoms with E-state index in [1.54, 1.807) is 0 Å². The van der Waals surface area contributed by atoms with Gasteiger partial charge in [-0.3, -0.25) is 0 Å². The number of hydrogen-bond acceptors (Lipinski definition) is 6. The van der Waals surface area contributed by atoms with E-state index in [0.29, 0.717) is 13.0 Å². The van der Waals surface area contributed by atoms with Crippen LogP contribution in [-0.2, 0) is 19.1 Å². The largest absolute Gasteiger partial charge is 0.422 e. The van der Waals surface area contributed by atoms with Gasteiger partial charge in [0.15, 0.2) is 0 Å². The van der Waals surface area contributed by atoms with Crippen LogP contribution in [-0.4, -0.2) is 35.6 Å². The number of carbonyl (C=O) groups excluding carboxylic acids is 2. The summed E-state index contributed by atoms with van der Waals surface area (Å²) < 4.78 is 8.69. The van der Waals surface area contributed by atoms with Crippen LogP contribution in [0.15, 0.2) is 0 Å². The van der Waals surface area contributed by atoms with Gasteiger partial charge in [-0.2, -0.15) is 0 Å². The molecular formula is C6H7NO5. The van der Waals surface area contributed by atoms with Crippen LogP contribution in [0.1, 0.15) is 6.42 Å². The lowest BCUT2D eigenvalue weighted by molar-refractivity contribution is -0.314. The van der Waals surface area contributed by atoms with Crippen molar-refractivity contribution in [3.63, 3.8) is 0 Å². The molecule has 66 valence electrons. The third kappa shape index (κ3) is 0.886. The molecule has 0 spiro atoms. The van der Waals surface area contributed by atoms with E-state index in [4.69, 9.17) is 0 Å². The van der Waals surface area contributed by atoms with Crippen molar-refractivity contribution in [2.45, 2.75) is 18.4 Å². The molecule has 0 aromatic carbocycles. The van der Waals surface area contributed by atoms with Crippen molar-refractivity contribution in [2.75, 3.05) is 6.54 Å². The molecule has 6 heteroatoms. The third-order valence-corrected chi connectivity index (χ3v) is 1.91. The van der Waals surface area contributed by atoms with Crippen LogP contribution in [0.3, 0.4) is 0 Å². The predicted molar refractivity (Wildman–Crippen MR) is 33.5 cm³/mol. The topological polar surface area (TPSA) is 84.9 Å². The monoisotopic (exact) mass is 173 g/mol. The van der Waals surface area contributed by atoms with Gasteiger partial charge in [-0.05, 0) is 13.0 Å². The quantitative estimate of drug-likeness (QED) is 0.355. The van der Waals surface area contributed by atoms with Crippen molar-refractivity contribution in [3.05, 3.63) is 0 Å². The number of rotatable bonds is 1. The van der Waals surface area contributed by atoms with Gasteiger partial charge in [-0.25, -0.2) is 9.59 Å². The van der Waals surface area contributed by atoms with Crippen LogP contribution in [0.4, 0.5) is 0 Å². The molecule has 2 aliphatic heterocycles. The van der Waals surface area contributed by atoms with Crippen molar-refractivity contribution in [3.8, 4) is 0 Å². The van der Waals surface area contributed by atoms with E-state index >= 15 is 0 Å². The van der Waals surface area contributed by atoms with Crippen molar-refractivity contribution < 1.29 is 24.2 Å². The van der Waals surface area contributed by atoms with E-state index < -0.39 is 24.0 Å². The van der Waals surface area contributed by atoms with Crippen molar-refractivity contribution in [1.29, 1.82) is 0 Å². The maximum atomic E-state index is 10.5. The molecule has 0 bridgehead atoms. The standard InChI is InChI=1S/C6H7NO5/c8-4-5(9)12-6(10,11-4)3-1-2-7-3/h3,7,10H,1-2H2/t3-/m0/s1. The average molecular weight is 173 g/mol. The summed E-state index contributed by atoms with van der Waals surface area (Å²) in [6.45, 7) is 0.710. The number of nitrogens with one attached hydrogen (secondary N) is 1. The Balaban J connectivity index is 2.12. The fraction of sp³-hybridized carbons (Fsp3) is 0.667. The number of esters is 2. The maximum absolute atomic E-state index is 10.5. The van der Waals surface area contributed by atoms with E-state index in [1.165, 1.54) is 0 Å². The highest BCUT2D eigenvalue weighted by atomic mass is 16.9. The van der Waals surface area contributed by atoms with Gasteiger partial charge in [-0.15, -0.1) is 0 Å². The minimum atomic E-state index is -2.08. The van der Waals surface area contributed by atoms with Crippen LogP contribution in [0, 0.1) is 0 Å². The molecular weight excluding hydrogens is 166 g/mol. The molecule has 2 fully saturated rings. The molecule has 0 aliphatic carbocycles. The van der Waals surface area contributed by atoms with Crippen molar-refractivity contribution in [1.82, 2.24) is 5.32 Å². The molecule has 0 aromatic heterocycles. The summed E-state index contributed by atoms with van der Waals surface area (Å²) in [5.41, 5.74) is 0. The lowest BCUT2D eigenvalue weighted by atomic mass is 10.1. The van der Waals surface area contributed by atoms with Gasteiger partial charge in [-0.1, -0.05) is 0 Å². The van der Waals surface area contributed by atoms with Gasteiger partial charge < -0.3 is 19.9 Å². The molecule has 2 saturated heterocycles. The minimum absolute atomic E-state index is 0.493. The first-order chi connectivity index (χ1) is 5.62. The summed E-state index contributed by atoms with van der Waals surface area (Å²) in [6, 6.07) is -0.493. The Kier molecular flexibility index (Phi) is 1.36. The molecule has 12 heavy (non-hydrogen) atoms. The summed E-state index contributed by atoms with van der Waals surface area (Å²) in [6.07, 6.45) is 0.608. The van der Waals surface area contributed by atoms with Crippen LogP contribution in [0.5, 0.6) is 0 Å². The fourth-order valence-corrected chi connectivity index (χ4v) is 1.11. The lowest BCUT2D eigenvalue weighted by Crippen LogP contribution is -2.59. The van der Waals surface area contributed by atoms with Gasteiger partial charge in [0, 0.05) is 0 Å². The highest BCUT2D eigenvalue weighted by Gasteiger charge is 2.55. The first-order valence-corrected chi connectivity index (χ1v) is 3.54. The summed E-state index contributed by atoms with van der Waals surface area (Å²) >= 11 is 0. The normalized spacial score (nSPS) is 32.2. The lowest BCUT2D eigenvalue weighted by Gasteiger charge is -2.35. The van der Waals surface area contributed by atoms with Gasteiger partial charge >= 0.3 is 17.9 Å². The molecule has 0 aromatic rings. The van der Waals surface area contributed by atoms with Gasteiger partial charge in [0.25, 0.3) is 0 Å². The predicted octanol–water partition coefficient (Wildman–Crippen LogP) is -1.91. The van der Waals surface area contributed by atoms with Crippen LogP contribution >= 0.6 is 0 Å². The number of aliphatic hydroxyl groups is 1. The average Bonchev–Trinajstić information content (AvgIpc) is 2.02. The summed E-state index contributed by atoms with van der Waals surface area (Å²) in [7, 11) is 0. The summed E-state index contributed by atoms with van der Waals surface area (Å²) in [5.74, 6) is -4.37. The summed E-state index contributed by atoms with van der Waals surface area (Å²) in [5, 5.41) is 12.2. The molecule has 0 radical (unpaired) electrons. The summed E-state index contributed by atoms with van der Waals surface area (Å²) in [4.78, 5) is 21.1. The molecule has 2 heterocycles.